The van der Waals surface area contributed by atoms with Gasteiger partial charge in [-0.05, 0) is 6.42 Å². The van der Waals surface area contributed by atoms with E-state index in [1.54, 1.807) is 0 Å². The lowest BCUT2D eigenvalue weighted by Gasteiger charge is -2.19. The molecule has 3 N–H and O–H groups in total. The Kier molecular flexibility index (Phi) is 24.8. The van der Waals surface area contributed by atoms with E-state index in [1.807, 2.05) is 0 Å². The number of nitrogens with two attached hydrogens (primary N) is 1. The van der Waals surface area contributed by atoms with Crippen molar-refractivity contribution >= 4 is 13.8 Å². The van der Waals surface area contributed by atoms with Gasteiger partial charge in [0.15, 0.2) is 0 Å². The third-order valence-electron chi connectivity index (χ3n) is 5.82. The van der Waals surface area contributed by atoms with Crippen molar-refractivity contribution in [1.82, 2.24) is 0 Å². The molecule has 9 heteroatoms. The summed E-state index contributed by atoms with van der Waals surface area (Å²) in [7, 11) is -4.21. The number of hydrogen-bond donors (Lipinski definition) is 2. The highest BCUT2D eigenvalue weighted by atomic mass is 31.2. The third kappa shape index (κ3) is 26.4. The van der Waals surface area contributed by atoms with Crippen LogP contribution in [0.3, 0.4) is 0 Å². The first-order valence-electron chi connectivity index (χ1n) is 14.0. The van der Waals surface area contributed by atoms with Gasteiger partial charge in [0.05, 0.1) is 19.8 Å². The number of carbonyl (C=O) groups excluding carboxylic acids is 1. The molecule has 0 bridgehead atoms. The van der Waals surface area contributed by atoms with Gasteiger partial charge in [0.25, 0.3) is 0 Å². The standard InChI is InChI=1S/C26H54NO7P/c1-3-4-5-6-7-8-9-10-11-12-13-14-15-16-17-18-19-21-31-23-26(34-25(2)28)24-33-35(29,30)32-22-20-27/h26H,3-24,27H2,1-2H3,(H,29,30). The van der Waals surface area contributed by atoms with Crippen LogP contribution in [0.25, 0.3) is 0 Å². The van der Waals surface area contributed by atoms with Gasteiger partial charge in [0, 0.05) is 20.1 Å². The van der Waals surface area contributed by atoms with Crippen LogP contribution in [-0.4, -0.2) is 49.9 Å². The fourth-order valence-electron chi connectivity index (χ4n) is 3.88. The Bertz CT molecular complexity index is 522. The SMILES string of the molecule is CCCCCCCCCCCCCCCCCCCOCC(COP(=O)(O)OCCN)OC(C)=O. The third-order valence-corrected chi connectivity index (χ3v) is 6.81. The van der Waals surface area contributed by atoms with Crippen molar-refractivity contribution in [3.8, 4) is 0 Å². The molecular weight excluding hydrogens is 469 g/mol. The Balaban J connectivity index is 3.54. The normalized spacial score (nSPS) is 14.1. The van der Waals surface area contributed by atoms with E-state index in [-0.39, 0.29) is 26.4 Å². The van der Waals surface area contributed by atoms with Crippen LogP contribution >= 0.6 is 7.82 Å². The number of phosphoric ester groups is 1. The van der Waals surface area contributed by atoms with Gasteiger partial charge >= 0.3 is 13.8 Å². The monoisotopic (exact) mass is 523 g/mol. The van der Waals surface area contributed by atoms with E-state index in [2.05, 4.69) is 11.4 Å². The van der Waals surface area contributed by atoms with Crippen LogP contribution in [0.1, 0.15) is 123 Å². The van der Waals surface area contributed by atoms with Gasteiger partial charge in [-0.25, -0.2) is 4.57 Å². The first-order valence-corrected chi connectivity index (χ1v) is 15.5. The summed E-state index contributed by atoms with van der Waals surface area (Å²) < 4.78 is 31.9. The van der Waals surface area contributed by atoms with Gasteiger partial charge in [-0.1, -0.05) is 110 Å². The Morgan fingerprint density at radius 1 is 0.743 bits per heavy atom. The van der Waals surface area contributed by atoms with Crippen LogP contribution in [0.15, 0.2) is 0 Å². The van der Waals surface area contributed by atoms with E-state index >= 15 is 0 Å². The molecule has 35 heavy (non-hydrogen) atoms. The molecule has 0 aliphatic rings. The second-order valence-corrected chi connectivity index (χ2v) is 10.8. The summed E-state index contributed by atoms with van der Waals surface area (Å²) in [5.41, 5.74) is 5.24. The van der Waals surface area contributed by atoms with E-state index in [0.29, 0.717) is 6.61 Å². The van der Waals surface area contributed by atoms with Gasteiger partial charge in [0.2, 0.25) is 0 Å². The lowest BCUT2D eigenvalue weighted by molar-refractivity contribution is -0.151. The quantitative estimate of drug-likeness (QED) is 0.0695. The predicted molar refractivity (Wildman–Crippen MR) is 141 cm³/mol. The molecule has 0 saturated heterocycles. The number of ether oxygens (including phenoxy) is 2. The van der Waals surface area contributed by atoms with E-state index in [9.17, 15) is 14.3 Å². The summed E-state index contributed by atoms with van der Waals surface area (Å²) in [6.45, 7) is 3.92. The average Bonchev–Trinajstić information content (AvgIpc) is 2.82. The van der Waals surface area contributed by atoms with E-state index in [4.69, 9.17) is 19.7 Å². The molecule has 0 fully saturated rings. The van der Waals surface area contributed by atoms with E-state index in [0.717, 1.165) is 12.8 Å². The summed E-state index contributed by atoms with van der Waals surface area (Å²) in [5.74, 6) is -0.504. The molecule has 0 aromatic heterocycles. The minimum Gasteiger partial charge on any atom is -0.458 e. The van der Waals surface area contributed by atoms with Gasteiger partial charge in [-0.2, -0.15) is 0 Å². The van der Waals surface area contributed by atoms with Gasteiger partial charge in [-0.3, -0.25) is 13.8 Å². The van der Waals surface area contributed by atoms with Crippen LogP contribution in [0, 0.1) is 0 Å². The van der Waals surface area contributed by atoms with Crippen molar-refractivity contribution in [3.05, 3.63) is 0 Å². The second-order valence-electron chi connectivity index (χ2n) is 9.35. The van der Waals surface area contributed by atoms with Crippen molar-refractivity contribution in [2.24, 2.45) is 5.73 Å². The van der Waals surface area contributed by atoms with Crippen LogP contribution in [0.2, 0.25) is 0 Å². The van der Waals surface area contributed by atoms with E-state index < -0.39 is 19.9 Å². The van der Waals surface area contributed by atoms with Crippen molar-refractivity contribution in [2.75, 3.05) is 33.0 Å². The van der Waals surface area contributed by atoms with Gasteiger partial charge < -0.3 is 20.1 Å². The molecule has 0 amide bonds. The maximum atomic E-state index is 11.7. The molecule has 0 rings (SSSR count). The van der Waals surface area contributed by atoms with Crippen molar-refractivity contribution in [1.29, 1.82) is 0 Å². The summed E-state index contributed by atoms with van der Waals surface area (Å²) >= 11 is 0. The van der Waals surface area contributed by atoms with Gasteiger partial charge in [0.1, 0.15) is 6.10 Å². The Morgan fingerprint density at radius 2 is 1.20 bits per heavy atom. The number of phosphoric acid groups is 1. The van der Waals surface area contributed by atoms with Crippen molar-refractivity contribution in [3.63, 3.8) is 0 Å². The zero-order valence-electron chi connectivity index (χ0n) is 22.6. The molecular formula is C26H54NO7P. The fraction of sp³-hybridized carbons (Fsp3) is 0.962. The van der Waals surface area contributed by atoms with Crippen LogP contribution in [0.4, 0.5) is 0 Å². The molecule has 0 spiro atoms. The number of rotatable bonds is 27. The minimum absolute atomic E-state index is 0.0954. The van der Waals surface area contributed by atoms with Crippen molar-refractivity contribution in [2.45, 2.75) is 129 Å². The number of esters is 1. The summed E-state index contributed by atoms with van der Waals surface area (Å²) in [5, 5.41) is 0. The lowest BCUT2D eigenvalue weighted by Crippen LogP contribution is -2.27. The molecule has 0 aromatic rings. The maximum Gasteiger partial charge on any atom is 0.472 e. The number of unbranched alkanes of at least 4 members (excludes halogenated alkanes) is 16. The highest BCUT2D eigenvalue weighted by Gasteiger charge is 2.24. The summed E-state index contributed by atoms with van der Waals surface area (Å²) in [6.07, 6.45) is 21.7. The van der Waals surface area contributed by atoms with Crippen molar-refractivity contribution < 1.29 is 32.8 Å². The Labute approximate surface area is 214 Å². The molecule has 0 saturated carbocycles. The smallest absolute Gasteiger partial charge is 0.458 e. The zero-order chi connectivity index (χ0) is 26.0. The molecule has 2 atom stereocenters. The molecule has 0 radical (unpaired) electrons. The molecule has 0 aromatic carbocycles. The fourth-order valence-corrected chi connectivity index (χ4v) is 4.64. The lowest BCUT2D eigenvalue weighted by atomic mass is 10.0. The molecule has 210 valence electrons. The predicted octanol–water partition coefficient (Wildman–Crippen LogP) is 6.68. The molecule has 0 heterocycles. The first-order chi connectivity index (χ1) is 16.9. The topological polar surface area (TPSA) is 117 Å². The van der Waals surface area contributed by atoms with Crippen LogP contribution in [0.5, 0.6) is 0 Å². The maximum absolute atomic E-state index is 11.7. The first kappa shape index (κ1) is 34.5. The summed E-state index contributed by atoms with van der Waals surface area (Å²) in [4.78, 5) is 20.8. The molecule has 8 nitrogen and oxygen atoms in total. The van der Waals surface area contributed by atoms with Crippen LogP contribution in [-0.2, 0) is 27.9 Å². The largest absolute Gasteiger partial charge is 0.472 e. The van der Waals surface area contributed by atoms with Gasteiger partial charge in [-0.15, -0.1) is 0 Å². The Morgan fingerprint density at radius 3 is 1.63 bits per heavy atom. The average molecular weight is 524 g/mol. The number of hydrogen-bond acceptors (Lipinski definition) is 7. The zero-order valence-corrected chi connectivity index (χ0v) is 23.4. The van der Waals surface area contributed by atoms with E-state index in [1.165, 1.54) is 103 Å². The number of carbonyl (C=O) groups is 1. The van der Waals surface area contributed by atoms with Crippen LogP contribution < -0.4 is 5.73 Å². The Hall–Kier alpha value is -0.500. The second kappa shape index (κ2) is 25.2. The highest BCUT2D eigenvalue weighted by molar-refractivity contribution is 7.47. The molecule has 0 aliphatic carbocycles. The summed E-state index contributed by atoms with van der Waals surface area (Å²) in [6, 6.07) is 0. The molecule has 2 unspecified atom stereocenters. The minimum atomic E-state index is -4.21. The highest BCUT2D eigenvalue weighted by Crippen LogP contribution is 2.43. The molecule has 0 aliphatic heterocycles.